The molecule has 0 aliphatic carbocycles. The highest BCUT2D eigenvalue weighted by Gasteiger charge is 2.30. The Balaban J connectivity index is 0.00000185. The van der Waals surface area contributed by atoms with Gasteiger partial charge in [-0.2, -0.15) is 0 Å². The molecule has 0 saturated carbocycles. The summed E-state index contributed by atoms with van der Waals surface area (Å²) in [5.74, 6) is 0.880. The third-order valence-corrected chi connectivity index (χ3v) is 4.98. The van der Waals surface area contributed by atoms with Crippen LogP contribution in [-0.4, -0.2) is 73.5 Å². The van der Waals surface area contributed by atoms with E-state index in [1.807, 2.05) is 90.2 Å². The number of nitrogens with zero attached hydrogens (tertiary/aromatic N) is 4. The Morgan fingerprint density at radius 3 is 2.42 bits per heavy atom. The maximum Gasteiger partial charge on any atom is 0.267 e. The van der Waals surface area contributed by atoms with E-state index in [1.165, 1.54) is 0 Å². The average molecular weight is 500 g/mol. The monoisotopic (exact) mass is 499 g/mol. The molecule has 1 aromatic heterocycles. The molecule has 8 heteroatoms. The summed E-state index contributed by atoms with van der Waals surface area (Å²) in [4.78, 5) is 23.1. The van der Waals surface area contributed by atoms with E-state index in [2.05, 4.69) is 40.9 Å². The maximum atomic E-state index is 13.1. The van der Waals surface area contributed by atoms with E-state index >= 15 is 0 Å². The highest BCUT2D eigenvalue weighted by atomic mass is 16.2. The van der Waals surface area contributed by atoms with Gasteiger partial charge in [0.05, 0.1) is 17.1 Å². The zero-order valence-electron chi connectivity index (χ0n) is 24.1. The maximum absolute atomic E-state index is 13.1. The molecule has 4 N–H and O–H groups in total. The number of nitrogen functional groups attached to an aromatic ring is 1. The second kappa shape index (κ2) is 17.2. The fourth-order valence-electron chi connectivity index (χ4n) is 3.26. The molecule has 2 heterocycles. The predicted octanol–water partition coefficient (Wildman–Crippen LogP) is 4.10. The van der Waals surface area contributed by atoms with E-state index in [9.17, 15) is 4.79 Å². The van der Waals surface area contributed by atoms with Crippen molar-refractivity contribution in [1.29, 1.82) is 0 Å². The molecule has 0 saturated heterocycles. The summed E-state index contributed by atoms with van der Waals surface area (Å²) in [5, 5.41) is 6.21. The summed E-state index contributed by atoms with van der Waals surface area (Å²) in [6.45, 7) is 15.2. The van der Waals surface area contributed by atoms with Gasteiger partial charge in [0.15, 0.2) is 6.17 Å². The molecule has 36 heavy (non-hydrogen) atoms. The summed E-state index contributed by atoms with van der Waals surface area (Å²) in [6.07, 6.45) is 9.58. The minimum atomic E-state index is -0.540. The van der Waals surface area contributed by atoms with Crippen LogP contribution in [0.2, 0.25) is 0 Å². The number of anilines is 1. The van der Waals surface area contributed by atoms with Crippen molar-refractivity contribution in [2.75, 3.05) is 47.5 Å². The Labute approximate surface area is 219 Å². The van der Waals surface area contributed by atoms with Crippen molar-refractivity contribution in [1.82, 2.24) is 30.3 Å². The summed E-state index contributed by atoms with van der Waals surface area (Å²) < 4.78 is 0. The van der Waals surface area contributed by atoms with Crippen LogP contribution in [0.25, 0.3) is 5.70 Å². The number of pyridine rings is 1. The Morgan fingerprint density at radius 2 is 1.92 bits per heavy atom. The van der Waals surface area contributed by atoms with Gasteiger partial charge in [-0.1, -0.05) is 40.3 Å². The topological polar surface area (TPSA) is 89.8 Å². The number of nitrogens with one attached hydrogen (secondary N) is 2. The lowest BCUT2D eigenvalue weighted by Gasteiger charge is -2.27. The van der Waals surface area contributed by atoms with Crippen molar-refractivity contribution >= 4 is 17.4 Å². The predicted molar refractivity (Wildman–Crippen MR) is 155 cm³/mol. The Morgan fingerprint density at radius 1 is 1.31 bits per heavy atom. The third-order valence-electron chi connectivity index (χ3n) is 4.98. The lowest BCUT2D eigenvalue weighted by molar-refractivity contribution is -0.124. The number of nitrogens with two attached hydrogens (primary N) is 1. The Hall–Kier alpha value is -3.26. The molecule has 2 rings (SSSR count). The number of aromatic nitrogens is 1. The molecule has 0 spiro atoms. The van der Waals surface area contributed by atoms with E-state index in [0.717, 1.165) is 35.6 Å². The number of hydrogen-bond acceptors (Lipinski definition) is 7. The molecule has 1 atom stereocenters. The van der Waals surface area contributed by atoms with Crippen LogP contribution in [0.5, 0.6) is 0 Å². The van der Waals surface area contributed by atoms with Gasteiger partial charge < -0.3 is 31.1 Å². The zero-order valence-corrected chi connectivity index (χ0v) is 24.1. The molecule has 0 radical (unpaired) electrons. The first-order chi connectivity index (χ1) is 17.0. The van der Waals surface area contributed by atoms with Gasteiger partial charge in [0.25, 0.3) is 5.91 Å². The zero-order chi connectivity index (χ0) is 27.8. The van der Waals surface area contributed by atoms with Crippen LogP contribution in [-0.2, 0) is 4.79 Å². The standard InChI is InChI=1S/C23H34N6O.C3H9N.C2H6/c1-7-9-18(19(8-2)28(5)13-11-16(3)4)27-23(30)22-26-15-20(29(22)6)17-10-12-25-21(24)14-17;1-4(2)3;1-2/h7-10,12,14-16,22,26H,2,11,13H2,1,3-6H3,(H2,24,25)(H,27,30);1-3H3;1-2H3/b9-7-,19-18-;;. The highest BCUT2D eigenvalue weighted by Crippen LogP contribution is 2.24. The summed E-state index contributed by atoms with van der Waals surface area (Å²) in [6, 6.07) is 3.65. The molecule has 1 aliphatic heterocycles. The molecule has 202 valence electrons. The van der Waals surface area contributed by atoms with Crippen molar-refractivity contribution < 1.29 is 4.79 Å². The van der Waals surface area contributed by atoms with Crippen LogP contribution >= 0.6 is 0 Å². The quantitative estimate of drug-likeness (QED) is 0.441. The van der Waals surface area contributed by atoms with E-state index in [0.29, 0.717) is 11.7 Å². The van der Waals surface area contributed by atoms with Crippen LogP contribution in [0.1, 0.15) is 46.6 Å². The second-order valence-electron chi connectivity index (χ2n) is 9.12. The summed E-state index contributed by atoms with van der Waals surface area (Å²) in [5.41, 5.74) is 9.18. The van der Waals surface area contributed by atoms with E-state index in [-0.39, 0.29) is 5.91 Å². The number of allylic oxidation sites excluding steroid dienone is 3. The van der Waals surface area contributed by atoms with Crippen LogP contribution < -0.4 is 16.4 Å². The largest absolute Gasteiger partial charge is 0.384 e. The van der Waals surface area contributed by atoms with Gasteiger partial charge in [0.1, 0.15) is 5.82 Å². The molecule has 0 bridgehead atoms. The minimum Gasteiger partial charge on any atom is -0.384 e. The van der Waals surface area contributed by atoms with Crippen molar-refractivity contribution in [3.8, 4) is 0 Å². The number of amides is 1. The minimum absolute atomic E-state index is 0.157. The Kier molecular flexibility index (Phi) is 15.7. The SMILES string of the molecule is C=C/C(=C(\C=C/C)NC(=O)C1NC=C(c2ccnc(N)c2)N1C)N(C)CCC(C)C.CC.CN(C)C. The fraction of sp³-hybridized carbons (Fsp3) is 0.500. The lowest BCUT2D eigenvalue weighted by Crippen LogP contribution is -2.47. The molecular weight excluding hydrogens is 450 g/mol. The average Bonchev–Trinajstić information content (AvgIpc) is 3.20. The molecule has 1 unspecified atom stereocenters. The van der Waals surface area contributed by atoms with Crippen molar-refractivity contribution in [3.05, 3.63) is 66.3 Å². The molecule has 0 aromatic carbocycles. The molecule has 8 nitrogen and oxygen atoms in total. The van der Waals surface area contributed by atoms with Crippen molar-refractivity contribution in [2.45, 2.75) is 47.2 Å². The number of hydrogen-bond donors (Lipinski definition) is 3. The first-order valence-corrected chi connectivity index (χ1v) is 12.5. The smallest absolute Gasteiger partial charge is 0.267 e. The first kappa shape index (κ1) is 32.7. The van der Waals surface area contributed by atoms with Crippen LogP contribution in [0.3, 0.4) is 0 Å². The summed E-state index contributed by atoms with van der Waals surface area (Å²) >= 11 is 0. The number of carbonyl (C=O) groups is 1. The van der Waals surface area contributed by atoms with Gasteiger partial charge in [-0.25, -0.2) is 4.98 Å². The van der Waals surface area contributed by atoms with Crippen LogP contribution in [0.15, 0.2) is 60.7 Å². The van der Waals surface area contributed by atoms with Crippen molar-refractivity contribution in [2.24, 2.45) is 5.92 Å². The van der Waals surface area contributed by atoms with Gasteiger partial charge in [0.2, 0.25) is 0 Å². The first-order valence-electron chi connectivity index (χ1n) is 12.5. The molecular formula is C28H49N7O. The highest BCUT2D eigenvalue weighted by molar-refractivity contribution is 5.87. The molecule has 0 fully saturated rings. The summed E-state index contributed by atoms with van der Waals surface area (Å²) in [7, 11) is 9.89. The number of likely N-dealkylation sites (N-methyl/N-ethyl adjacent to an activating group) is 2. The van der Waals surface area contributed by atoms with Gasteiger partial charge in [-0.3, -0.25) is 4.79 Å². The van der Waals surface area contributed by atoms with Gasteiger partial charge in [-0.05, 0) is 64.7 Å². The molecule has 1 aliphatic rings. The van der Waals surface area contributed by atoms with E-state index < -0.39 is 6.17 Å². The van der Waals surface area contributed by atoms with Crippen LogP contribution in [0, 0.1) is 5.92 Å². The number of rotatable bonds is 9. The third kappa shape index (κ3) is 11.0. The second-order valence-corrected chi connectivity index (χ2v) is 9.12. The Bertz CT molecular complexity index is 900. The molecule has 1 amide bonds. The fourth-order valence-corrected chi connectivity index (χ4v) is 3.26. The van der Waals surface area contributed by atoms with Gasteiger partial charge in [0, 0.05) is 38.6 Å². The van der Waals surface area contributed by atoms with E-state index in [1.54, 1.807) is 18.3 Å². The van der Waals surface area contributed by atoms with Crippen molar-refractivity contribution in [3.63, 3.8) is 0 Å². The number of carbonyl (C=O) groups excluding carboxylic acids is 1. The van der Waals surface area contributed by atoms with Gasteiger partial charge in [-0.15, -0.1) is 0 Å². The normalized spacial score (nSPS) is 15.3. The lowest BCUT2D eigenvalue weighted by atomic mass is 10.1. The van der Waals surface area contributed by atoms with Crippen LogP contribution in [0.4, 0.5) is 5.82 Å². The van der Waals surface area contributed by atoms with Gasteiger partial charge >= 0.3 is 0 Å². The molecule has 1 aromatic rings. The van der Waals surface area contributed by atoms with E-state index in [4.69, 9.17) is 5.73 Å².